The highest BCUT2D eigenvalue weighted by Gasteiger charge is 2.27. The van der Waals surface area contributed by atoms with Gasteiger partial charge < -0.3 is 4.74 Å². The molecule has 0 N–H and O–H groups in total. The number of sulfonamides is 1. The van der Waals surface area contributed by atoms with E-state index >= 15 is 0 Å². The van der Waals surface area contributed by atoms with Crippen LogP contribution in [0.2, 0.25) is 0 Å². The molecule has 29 heavy (non-hydrogen) atoms. The minimum Gasteiger partial charge on any atom is -0.457 e. The predicted molar refractivity (Wildman–Crippen MR) is 105 cm³/mol. The van der Waals surface area contributed by atoms with Gasteiger partial charge in [-0.3, -0.25) is 4.98 Å². The highest BCUT2D eigenvalue weighted by atomic mass is 32.2. The molecule has 1 saturated heterocycles. The number of carbonyl (C=O) groups is 1. The monoisotopic (exact) mass is 414 g/mol. The third-order valence-electron chi connectivity index (χ3n) is 4.93. The molecule has 3 aromatic rings. The molecule has 0 unspecified atom stereocenters. The number of rotatable bonds is 5. The predicted octanol–water partition coefficient (Wildman–Crippen LogP) is 3.52. The van der Waals surface area contributed by atoms with Crippen LogP contribution in [0.4, 0.5) is 4.39 Å². The molecule has 8 heteroatoms. The first-order valence-corrected chi connectivity index (χ1v) is 10.7. The lowest BCUT2D eigenvalue weighted by Gasteiger charge is -2.16. The summed E-state index contributed by atoms with van der Waals surface area (Å²) in [4.78, 5) is 16.7. The number of carbonyl (C=O) groups excluding carboxylic acids is 1. The van der Waals surface area contributed by atoms with Crippen LogP contribution in [0.15, 0.2) is 59.6 Å². The van der Waals surface area contributed by atoms with Gasteiger partial charge in [0.2, 0.25) is 10.0 Å². The zero-order valence-electron chi connectivity index (χ0n) is 15.5. The van der Waals surface area contributed by atoms with E-state index < -0.39 is 21.8 Å². The van der Waals surface area contributed by atoms with Crippen LogP contribution in [-0.4, -0.2) is 36.8 Å². The van der Waals surface area contributed by atoms with Crippen LogP contribution in [0, 0.1) is 5.82 Å². The molecule has 0 bridgehead atoms. The van der Waals surface area contributed by atoms with Gasteiger partial charge in [0.25, 0.3) is 0 Å². The molecule has 0 spiro atoms. The van der Waals surface area contributed by atoms with Gasteiger partial charge in [-0.1, -0.05) is 12.1 Å². The summed E-state index contributed by atoms with van der Waals surface area (Å²) in [5.41, 5.74) is 1.13. The topological polar surface area (TPSA) is 76.6 Å². The molecule has 2 aromatic carbocycles. The normalized spacial score (nSPS) is 14.9. The van der Waals surface area contributed by atoms with Gasteiger partial charge in [-0.15, -0.1) is 0 Å². The van der Waals surface area contributed by atoms with Gasteiger partial charge in [-0.2, -0.15) is 4.31 Å². The standard InChI is InChI=1S/C21H19FN2O4S/c22-19-9-8-16(20-18(19)7-4-10-23-20)14-28-21(25)15-5-3-6-17(13-15)29(26,27)24-11-1-2-12-24/h3-10,13H,1-2,11-12,14H2. The maximum absolute atomic E-state index is 13.9. The summed E-state index contributed by atoms with van der Waals surface area (Å²) in [6, 6.07) is 11.9. The first-order valence-electron chi connectivity index (χ1n) is 9.26. The molecule has 0 amide bonds. The Morgan fingerprint density at radius 1 is 1.10 bits per heavy atom. The number of benzene rings is 2. The average molecular weight is 414 g/mol. The van der Waals surface area contributed by atoms with Crippen molar-refractivity contribution in [2.75, 3.05) is 13.1 Å². The number of hydrogen-bond donors (Lipinski definition) is 0. The van der Waals surface area contributed by atoms with E-state index in [1.54, 1.807) is 18.3 Å². The molecule has 0 aliphatic carbocycles. The lowest BCUT2D eigenvalue weighted by molar-refractivity contribution is 0.0474. The maximum Gasteiger partial charge on any atom is 0.338 e. The lowest BCUT2D eigenvalue weighted by atomic mass is 10.1. The van der Waals surface area contributed by atoms with Crippen LogP contribution in [0.1, 0.15) is 28.8 Å². The van der Waals surface area contributed by atoms with Gasteiger partial charge in [0.1, 0.15) is 12.4 Å². The zero-order chi connectivity index (χ0) is 20.4. The van der Waals surface area contributed by atoms with Crippen LogP contribution >= 0.6 is 0 Å². The van der Waals surface area contributed by atoms with Crippen molar-refractivity contribution < 1.29 is 22.3 Å². The molecule has 6 nitrogen and oxygen atoms in total. The number of hydrogen-bond acceptors (Lipinski definition) is 5. The van der Waals surface area contributed by atoms with E-state index in [9.17, 15) is 17.6 Å². The second-order valence-electron chi connectivity index (χ2n) is 6.82. The number of nitrogens with zero attached hydrogens (tertiary/aromatic N) is 2. The molecule has 0 radical (unpaired) electrons. The Morgan fingerprint density at radius 2 is 1.90 bits per heavy atom. The Hall–Kier alpha value is -2.84. The van der Waals surface area contributed by atoms with E-state index in [0.717, 1.165) is 12.8 Å². The van der Waals surface area contributed by atoms with E-state index in [1.165, 1.54) is 40.7 Å². The minimum atomic E-state index is -3.62. The van der Waals surface area contributed by atoms with Gasteiger partial charge in [0.15, 0.2) is 0 Å². The molecule has 1 aliphatic heterocycles. The van der Waals surface area contributed by atoms with Crippen molar-refractivity contribution in [2.45, 2.75) is 24.3 Å². The van der Waals surface area contributed by atoms with Gasteiger partial charge in [-0.05, 0) is 49.2 Å². The molecule has 150 valence electrons. The maximum atomic E-state index is 13.9. The molecule has 0 saturated carbocycles. The number of ether oxygens (including phenoxy) is 1. The summed E-state index contributed by atoms with van der Waals surface area (Å²) in [5, 5.41) is 0.347. The number of halogens is 1. The second kappa shape index (κ2) is 7.88. The molecule has 1 aromatic heterocycles. The Labute approximate surface area is 168 Å². The molecule has 2 heterocycles. The summed E-state index contributed by atoms with van der Waals surface area (Å²) in [5.74, 6) is -1.06. The van der Waals surface area contributed by atoms with Crippen molar-refractivity contribution >= 4 is 26.9 Å². The fourth-order valence-electron chi connectivity index (χ4n) is 3.40. The van der Waals surface area contributed by atoms with Gasteiger partial charge in [-0.25, -0.2) is 17.6 Å². The van der Waals surface area contributed by atoms with Crippen molar-refractivity contribution in [3.8, 4) is 0 Å². The van der Waals surface area contributed by atoms with Gasteiger partial charge in [0, 0.05) is 30.2 Å². The van der Waals surface area contributed by atoms with E-state index in [4.69, 9.17) is 4.74 Å². The number of fused-ring (bicyclic) bond motifs is 1. The molecule has 0 atom stereocenters. The fourth-order valence-corrected chi connectivity index (χ4v) is 4.96. The summed E-state index contributed by atoms with van der Waals surface area (Å²) >= 11 is 0. The molecule has 1 fully saturated rings. The van der Waals surface area contributed by atoms with Crippen LogP contribution < -0.4 is 0 Å². The van der Waals surface area contributed by atoms with Crippen molar-refractivity contribution in [2.24, 2.45) is 0 Å². The average Bonchev–Trinajstić information content (AvgIpc) is 3.29. The second-order valence-corrected chi connectivity index (χ2v) is 8.76. The first-order chi connectivity index (χ1) is 14.0. The van der Waals surface area contributed by atoms with Crippen molar-refractivity contribution in [3.63, 3.8) is 0 Å². The van der Waals surface area contributed by atoms with E-state index in [-0.39, 0.29) is 17.1 Å². The quantitative estimate of drug-likeness (QED) is 0.597. The van der Waals surface area contributed by atoms with Crippen molar-refractivity contribution in [1.29, 1.82) is 0 Å². The Balaban J connectivity index is 1.54. The summed E-state index contributed by atoms with van der Waals surface area (Å²) in [6.07, 6.45) is 3.21. The van der Waals surface area contributed by atoms with Gasteiger partial charge in [0.05, 0.1) is 16.0 Å². The summed E-state index contributed by atoms with van der Waals surface area (Å²) in [6.45, 7) is 0.874. The largest absolute Gasteiger partial charge is 0.457 e. The van der Waals surface area contributed by atoms with Crippen LogP contribution in [-0.2, 0) is 21.4 Å². The van der Waals surface area contributed by atoms with Crippen LogP contribution in [0.3, 0.4) is 0 Å². The van der Waals surface area contributed by atoms with E-state index in [0.29, 0.717) is 29.6 Å². The molecule has 1 aliphatic rings. The highest BCUT2D eigenvalue weighted by Crippen LogP contribution is 2.23. The van der Waals surface area contributed by atoms with Crippen molar-refractivity contribution in [1.82, 2.24) is 9.29 Å². The number of aromatic nitrogens is 1. The van der Waals surface area contributed by atoms with Crippen LogP contribution in [0.25, 0.3) is 10.9 Å². The zero-order valence-corrected chi connectivity index (χ0v) is 16.4. The summed E-state index contributed by atoms with van der Waals surface area (Å²) < 4.78 is 46.1. The van der Waals surface area contributed by atoms with Crippen LogP contribution in [0.5, 0.6) is 0 Å². The van der Waals surface area contributed by atoms with Crippen molar-refractivity contribution in [3.05, 3.63) is 71.7 Å². The van der Waals surface area contributed by atoms with E-state index in [2.05, 4.69) is 4.98 Å². The third-order valence-corrected chi connectivity index (χ3v) is 6.83. The molecular formula is C21H19FN2O4S. The smallest absolute Gasteiger partial charge is 0.338 e. The third kappa shape index (κ3) is 3.86. The number of esters is 1. The molecule has 4 rings (SSSR count). The van der Waals surface area contributed by atoms with Gasteiger partial charge >= 0.3 is 5.97 Å². The molecular weight excluding hydrogens is 395 g/mol. The first kappa shape index (κ1) is 19.5. The minimum absolute atomic E-state index is 0.0720. The Morgan fingerprint density at radius 3 is 2.69 bits per heavy atom. The Kier molecular flexibility index (Phi) is 5.29. The fraction of sp³-hybridized carbons (Fsp3) is 0.238. The number of pyridine rings is 1. The van der Waals surface area contributed by atoms with E-state index in [1.807, 2.05) is 0 Å². The highest BCUT2D eigenvalue weighted by molar-refractivity contribution is 7.89. The SMILES string of the molecule is O=C(OCc1ccc(F)c2cccnc12)c1cccc(S(=O)(=O)N2CCCC2)c1. The lowest BCUT2D eigenvalue weighted by Crippen LogP contribution is -2.28. The summed E-state index contributed by atoms with van der Waals surface area (Å²) in [7, 11) is -3.62. The Bertz CT molecular complexity index is 1170.